The van der Waals surface area contributed by atoms with Gasteiger partial charge in [-0.2, -0.15) is 0 Å². The van der Waals surface area contributed by atoms with Crippen LogP contribution in [-0.4, -0.2) is 4.57 Å². The summed E-state index contributed by atoms with van der Waals surface area (Å²) in [4.78, 5) is 11.5. The van der Waals surface area contributed by atoms with Gasteiger partial charge in [-0.25, -0.2) is 4.79 Å². The highest BCUT2D eigenvalue weighted by atomic mass is 35.5. The van der Waals surface area contributed by atoms with Crippen molar-refractivity contribution in [2.75, 3.05) is 0 Å². The van der Waals surface area contributed by atoms with E-state index in [1.54, 1.807) is 19.2 Å². The van der Waals surface area contributed by atoms with E-state index in [-0.39, 0.29) is 5.76 Å². The summed E-state index contributed by atoms with van der Waals surface area (Å²) in [6, 6.07) is 12.9. The molecule has 3 nitrogen and oxygen atoms in total. The number of oxazole rings is 1. The van der Waals surface area contributed by atoms with E-state index in [1.165, 1.54) is 4.57 Å². The monoisotopic (exact) mass is 307 g/mol. The van der Waals surface area contributed by atoms with Crippen LogP contribution in [0.2, 0.25) is 5.02 Å². The quantitative estimate of drug-likeness (QED) is 0.668. The van der Waals surface area contributed by atoms with Crippen LogP contribution >= 0.6 is 23.2 Å². The minimum atomic E-state index is -0.390. The van der Waals surface area contributed by atoms with Gasteiger partial charge < -0.3 is 4.42 Å². The molecule has 0 fully saturated rings. The Morgan fingerprint density at radius 2 is 1.95 bits per heavy atom. The first kappa shape index (κ1) is 13.3. The molecular formula is C15H11Cl2NO2. The molecule has 102 valence electrons. The Bertz CT molecular complexity index is 835. The van der Waals surface area contributed by atoms with E-state index < -0.39 is 5.38 Å². The van der Waals surface area contributed by atoms with Gasteiger partial charge in [-0.05, 0) is 29.3 Å². The standard InChI is InChI=1S/C15H11Cl2NO2/c1-18-12-7-6-9(8-13(12)20-15(18)19)14(17)10-4-2-3-5-11(10)16/h2-8,14H,1H3. The molecule has 2 aromatic carbocycles. The maximum absolute atomic E-state index is 11.5. The zero-order chi connectivity index (χ0) is 14.3. The van der Waals surface area contributed by atoms with E-state index in [1.807, 2.05) is 30.3 Å². The molecule has 0 aliphatic rings. The van der Waals surface area contributed by atoms with E-state index in [4.69, 9.17) is 27.6 Å². The van der Waals surface area contributed by atoms with Crippen LogP contribution in [0.1, 0.15) is 16.5 Å². The smallest absolute Gasteiger partial charge is 0.408 e. The van der Waals surface area contributed by atoms with Crippen molar-refractivity contribution < 1.29 is 4.42 Å². The summed E-state index contributed by atoms with van der Waals surface area (Å²) in [6.45, 7) is 0. The fourth-order valence-electron chi connectivity index (χ4n) is 2.17. The summed E-state index contributed by atoms with van der Waals surface area (Å²) < 4.78 is 6.63. The molecule has 0 spiro atoms. The van der Waals surface area contributed by atoms with Gasteiger partial charge in [0, 0.05) is 12.1 Å². The molecule has 1 heterocycles. The Morgan fingerprint density at radius 1 is 1.20 bits per heavy atom. The molecule has 1 atom stereocenters. The fraction of sp³-hybridized carbons (Fsp3) is 0.133. The number of alkyl halides is 1. The van der Waals surface area contributed by atoms with E-state index in [0.717, 1.165) is 16.6 Å². The van der Waals surface area contributed by atoms with Gasteiger partial charge in [-0.15, -0.1) is 11.6 Å². The minimum absolute atomic E-state index is 0.388. The van der Waals surface area contributed by atoms with Crippen LogP contribution in [0, 0.1) is 0 Å². The van der Waals surface area contributed by atoms with Gasteiger partial charge in [0.1, 0.15) is 0 Å². The van der Waals surface area contributed by atoms with Gasteiger partial charge in [0.2, 0.25) is 0 Å². The maximum Gasteiger partial charge on any atom is 0.419 e. The number of hydrogen-bond donors (Lipinski definition) is 0. The van der Waals surface area contributed by atoms with Crippen molar-refractivity contribution in [2.24, 2.45) is 7.05 Å². The molecule has 0 bridgehead atoms. The maximum atomic E-state index is 11.5. The Kier molecular flexibility index (Phi) is 3.32. The Morgan fingerprint density at radius 3 is 2.70 bits per heavy atom. The SMILES string of the molecule is Cn1c(=O)oc2cc(C(Cl)c3ccccc3Cl)ccc21. The summed E-state index contributed by atoms with van der Waals surface area (Å²) >= 11 is 12.6. The molecule has 0 saturated carbocycles. The highest BCUT2D eigenvalue weighted by Crippen LogP contribution is 2.34. The van der Waals surface area contributed by atoms with Crippen molar-refractivity contribution >= 4 is 34.3 Å². The first-order chi connectivity index (χ1) is 9.58. The Hall–Kier alpha value is -1.71. The number of rotatable bonds is 2. The average molecular weight is 308 g/mol. The second-order valence-electron chi connectivity index (χ2n) is 4.54. The predicted octanol–water partition coefficient (Wildman–Crippen LogP) is 4.11. The van der Waals surface area contributed by atoms with E-state index in [9.17, 15) is 4.79 Å². The molecule has 5 heteroatoms. The molecule has 0 aliphatic heterocycles. The molecule has 3 aromatic rings. The highest BCUT2D eigenvalue weighted by molar-refractivity contribution is 6.33. The normalized spacial score (nSPS) is 12.8. The predicted molar refractivity (Wildman–Crippen MR) is 80.6 cm³/mol. The first-order valence-electron chi connectivity index (χ1n) is 6.06. The van der Waals surface area contributed by atoms with Crippen LogP contribution in [0.15, 0.2) is 51.7 Å². The molecule has 0 N–H and O–H groups in total. The van der Waals surface area contributed by atoms with Crippen molar-refractivity contribution in [1.29, 1.82) is 0 Å². The van der Waals surface area contributed by atoms with Crippen LogP contribution in [-0.2, 0) is 7.05 Å². The van der Waals surface area contributed by atoms with Crippen molar-refractivity contribution in [2.45, 2.75) is 5.38 Å². The summed E-state index contributed by atoms with van der Waals surface area (Å²) in [6.07, 6.45) is 0. The number of hydrogen-bond acceptors (Lipinski definition) is 2. The van der Waals surface area contributed by atoms with E-state index in [0.29, 0.717) is 10.6 Å². The first-order valence-corrected chi connectivity index (χ1v) is 6.87. The molecule has 0 saturated heterocycles. The van der Waals surface area contributed by atoms with Crippen molar-refractivity contribution in [3.05, 3.63) is 69.2 Å². The molecule has 3 rings (SSSR count). The van der Waals surface area contributed by atoms with Crippen LogP contribution in [0.25, 0.3) is 11.1 Å². The third kappa shape index (κ3) is 2.13. The van der Waals surface area contributed by atoms with Gasteiger partial charge in [0.05, 0.1) is 10.9 Å². The lowest BCUT2D eigenvalue weighted by Gasteiger charge is -2.11. The highest BCUT2D eigenvalue weighted by Gasteiger charge is 2.16. The number of aromatic nitrogens is 1. The molecule has 1 unspecified atom stereocenters. The summed E-state index contributed by atoms with van der Waals surface area (Å²) in [5.74, 6) is -0.388. The average Bonchev–Trinajstić information content (AvgIpc) is 2.73. The zero-order valence-corrected chi connectivity index (χ0v) is 12.2. The van der Waals surface area contributed by atoms with Gasteiger partial charge in [-0.1, -0.05) is 35.9 Å². The number of fused-ring (bicyclic) bond motifs is 1. The molecule has 20 heavy (non-hydrogen) atoms. The lowest BCUT2D eigenvalue weighted by atomic mass is 10.0. The molecule has 0 amide bonds. The van der Waals surface area contributed by atoms with Gasteiger partial charge in [0.15, 0.2) is 5.58 Å². The second kappa shape index (κ2) is 5.00. The lowest BCUT2D eigenvalue weighted by Crippen LogP contribution is -2.08. The molecule has 0 aliphatic carbocycles. The van der Waals surface area contributed by atoms with Gasteiger partial charge in [0.25, 0.3) is 0 Å². The van der Waals surface area contributed by atoms with Crippen molar-refractivity contribution in [3.8, 4) is 0 Å². The topological polar surface area (TPSA) is 35.1 Å². The lowest BCUT2D eigenvalue weighted by molar-refractivity contribution is 0.528. The van der Waals surface area contributed by atoms with Gasteiger partial charge in [-0.3, -0.25) is 4.57 Å². The number of nitrogens with zero attached hydrogens (tertiary/aromatic N) is 1. The molecule has 0 radical (unpaired) electrons. The summed E-state index contributed by atoms with van der Waals surface area (Å²) in [7, 11) is 1.67. The third-order valence-electron chi connectivity index (χ3n) is 3.29. The van der Waals surface area contributed by atoms with Crippen LogP contribution in [0.4, 0.5) is 0 Å². The van der Waals surface area contributed by atoms with Crippen molar-refractivity contribution in [3.63, 3.8) is 0 Å². The van der Waals surface area contributed by atoms with Crippen LogP contribution in [0.3, 0.4) is 0 Å². The Balaban J connectivity index is 2.11. The summed E-state index contributed by atoms with van der Waals surface area (Å²) in [5.41, 5.74) is 2.92. The molecular weight excluding hydrogens is 297 g/mol. The fourth-order valence-corrected chi connectivity index (χ4v) is 2.79. The number of benzene rings is 2. The van der Waals surface area contributed by atoms with E-state index >= 15 is 0 Å². The third-order valence-corrected chi connectivity index (χ3v) is 4.12. The molecule has 1 aromatic heterocycles. The van der Waals surface area contributed by atoms with Crippen molar-refractivity contribution in [1.82, 2.24) is 4.57 Å². The number of aryl methyl sites for hydroxylation is 1. The largest absolute Gasteiger partial charge is 0.419 e. The van der Waals surface area contributed by atoms with Gasteiger partial charge >= 0.3 is 5.76 Å². The minimum Gasteiger partial charge on any atom is -0.408 e. The van der Waals surface area contributed by atoms with E-state index in [2.05, 4.69) is 0 Å². The van der Waals surface area contributed by atoms with Crippen LogP contribution < -0.4 is 5.76 Å². The second-order valence-corrected chi connectivity index (χ2v) is 5.38. The van der Waals surface area contributed by atoms with Crippen LogP contribution in [0.5, 0.6) is 0 Å². The number of halogens is 2. The zero-order valence-electron chi connectivity index (χ0n) is 10.6. The Labute approximate surface area is 125 Å². The summed E-state index contributed by atoms with van der Waals surface area (Å²) in [5, 5.41) is 0.223.